The fourth-order valence-corrected chi connectivity index (χ4v) is 3.16. The summed E-state index contributed by atoms with van der Waals surface area (Å²) in [6.45, 7) is 4.39. The minimum Gasteiger partial charge on any atom is -0.349 e. The van der Waals surface area contributed by atoms with Gasteiger partial charge in [-0.3, -0.25) is 9.69 Å². The minimum atomic E-state index is 0.0220. The Morgan fingerprint density at radius 1 is 1.29 bits per heavy atom. The molecule has 1 atom stereocenters. The van der Waals surface area contributed by atoms with Crippen LogP contribution in [-0.2, 0) is 11.3 Å². The summed E-state index contributed by atoms with van der Waals surface area (Å²) in [6, 6.07) is 12.1. The standard InChI is InChI=1S/C16H18BrN3O/c1-12-15-7-4-8-19(15)9-10-20(12)11-16(21)18-14-6-3-2-5-13(14)17/h2-8,12H,9-11H2,1H3,(H,18,21). The average Bonchev–Trinajstić information content (AvgIpc) is 2.94. The van der Waals surface area contributed by atoms with Crippen molar-refractivity contribution in [1.82, 2.24) is 9.47 Å². The van der Waals surface area contributed by atoms with E-state index in [0.29, 0.717) is 6.54 Å². The number of rotatable bonds is 3. The van der Waals surface area contributed by atoms with Crippen LogP contribution in [0, 0.1) is 0 Å². The van der Waals surface area contributed by atoms with Crippen LogP contribution in [0.15, 0.2) is 47.1 Å². The molecule has 1 N–H and O–H groups in total. The molecule has 3 rings (SSSR count). The van der Waals surface area contributed by atoms with Crippen molar-refractivity contribution < 1.29 is 4.79 Å². The molecule has 0 spiro atoms. The van der Waals surface area contributed by atoms with Gasteiger partial charge >= 0.3 is 0 Å². The van der Waals surface area contributed by atoms with E-state index >= 15 is 0 Å². The molecule has 2 heterocycles. The maximum Gasteiger partial charge on any atom is 0.238 e. The highest BCUT2D eigenvalue weighted by Crippen LogP contribution is 2.25. The maximum absolute atomic E-state index is 12.2. The van der Waals surface area contributed by atoms with Crippen molar-refractivity contribution in [2.24, 2.45) is 0 Å². The number of fused-ring (bicyclic) bond motifs is 1. The van der Waals surface area contributed by atoms with E-state index < -0.39 is 0 Å². The van der Waals surface area contributed by atoms with Crippen LogP contribution in [0.2, 0.25) is 0 Å². The molecule has 1 aromatic carbocycles. The second-order valence-corrected chi connectivity index (χ2v) is 6.16. The highest BCUT2D eigenvalue weighted by Gasteiger charge is 2.25. The van der Waals surface area contributed by atoms with Crippen molar-refractivity contribution in [3.63, 3.8) is 0 Å². The summed E-state index contributed by atoms with van der Waals surface area (Å²) in [5.41, 5.74) is 2.09. The van der Waals surface area contributed by atoms with Gasteiger partial charge in [0, 0.05) is 35.5 Å². The highest BCUT2D eigenvalue weighted by molar-refractivity contribution is 9.10. The molecule has 1 aliphatic heterocycles. The summed E-state index contributed by atoms with van der Waals surface area (Å²) >= 11 is 3.45. The number of carbonyl (C=O) groups is 1. The molecule has 0 aliphatic carbocycles. The highest BCUT2D eigenvalue weighted by atomic mass is 79.9. The van der Waals surface area contributed by atoms with Crippen LogP contribution in [0.3, 0.4) is 0 Å². The molecule has 110 valence electrons. The van der Waals surface area contributed by atoms with Gasteiger partial charge in [-0.1, -0.05) is 12.1 Å². The third kappa shape index (κ3) is 3.04. The Hall–Kier alpha value is -1.59. The van der Waals surface area contributed by atoms with Gasteiger partial charge in [-0.25, -0.2) is 0 Å². The first-order chi connectivity index (χ1) is 10.1. The molecule has 0 saturated carbocycles. The Bertz CT molecular complexity index is 652. The second-order valence-electron chi connectivity index (χ2n) is 5.30. The van der Waals surface area contributed by atoms with Crippen LogP contribution in [-0.4, -0.2) is 28.5 Å². The number of carbonyl (C=O) groups excluding carboxylic acids is 1. The lowest BCUT2D eigenvalue weighted by Gasteiger charge is -2.34. The zero-order chi connectivity index (χ0) is 14.8. The molecule has 0 fully saturated rings. The van der Waals surface area contributed by atoms with E-state index in [9.17, 15) is 4.79 Å². The first-order valence-corrected chi connectivity index (χ1v) is 7.88. The van der Waals surface area contributed by atoms with Gasteiger partial charge in [0.15, 0.2) is 0 Å². The first-order valence-electron chi connectivity index (χ1n) is 7.08. The second kappa shape index (κ2) is 6.03. The van der Waals surface area contributed by atoms with E-state index in [4.69, 9.17) is 0 Å². The van der Waals surface area contributed by atoms with Crippen LogP contribution in [0.1, 0.15) is 18.7 Å². The van der Waals surface area contributed by atoms with E-state index in [1.54, 1.807) is 0 Å². The molecule has 0 saturated heterocycles. The van der Waals surface area contributed by atoms with Gasteiger partial charge in [-0.2, -0.15) is 0 Å². The molecule has 4 nitrogen and oxygen atoms in total. The van der Waals surface area contributed by atoms with Crippen LogP contribution >= 0.6 is 15.9 Å². The Morgan fingerprint density at radius 2 is 2.10 bits per heavy atom. The van der Waals surface area contributed by atoms with E-state index in [1.165, 1.54) is 5.69 Å². The molecule has 0 radical (unpaired) electrons. The lowest BCUT2D eigenvalue weighted by atomic mass is 10.1. The number of amides is 1. The predicted molar refractivity (Wildman–Crippen MR) is 87.2 cm³/mol. The largest absolute Gasteiger partial charge is 0.349 e. The quantitative estimate of drug-likeness (QED) is 0.925. The van der Waals surface area contributed by atoms with Crippen molar-refractivity contribution >= 4 is 27.5 Å². The molecule has 1 unspecified atom stereocenters. The SMILES string of the molecule is CC1c2cccn2CCN1CC(=O)Nc1ccccc1Br. The Labute approximate surface area is 132 Å². The number of para-hydroxylation sites is 1. The van der Waals surface area contributed by atoms with Gasteiger partial charge in [0.05, 0.1) is 12.2 Å². The Morgan fingerprint density at radius 3 is 2.90 bits per heavy atom. The molecule has 21 heavy (non-hydrogen) atoms. The number of aromatic nitrogens is 1. The lowest BCUT2D eigenvalue weighted by molar-refractivity contribution is -0.118. The molecule has 2 aromatic rings. The zero-order valence-electron chi connectivity index (χ0n) is 11.9. The topological polar surface area (TPSA) is 37.3 Å². The number of benzene rings is 1. The maximum atomic E-state index is 12.2. The van der Waals surface area contributed by atoms with Gasteiger partial charge in [0.2, 0.25) is 5.91 Å². The van der Waals surface area contributed by atoms with Crippen LogP contribution in [0.25, 0.3) is 0 Å². The number of nitrogens with zero attached hydrogens (tertiary/aromatic N) is 2. The predicted octanol–water partition coefficient (Wildman–Crippen LogP) is 3.27. The van der Waals surface area contributed by atoms with Gasteiger partial charge in [0.25, 0.3) is 0 Å². The number of halogens is 1. The summed E-state index contributed by atoms with van der Waals surface area (Å²) in [6.07, 6.45) is 2.10. The van der Waals surface area contributed by atoms with E-state index in [1.807, 2.05) is 24.3 Å². The monoisotopic (exact) mass is 347 g/mol. The molecular weight excluding hydrogens is 330 g/mol. The smallest absolute Gasteiger partial charge is 0.238 e. The fourth-order valence-electron chi connectivity index (χ4n) is 2.78. The van der Waals surface area contributed by atoms with E-state index in [0.717, 1.165) is 23.2 Å². The third-order valence-electron chi connectivity index (χ3n) is 3.96. The molecule has 5 heteroatoms. The number of nitrogens with one attached hydrogen (secondary N) is 1. The minimum absolute atomic E-state index is 0.0220. The summed E-state index contributed by atoms with van der Waals surface area (Å²) < 4.78 is 3.16. The summed E-state index contributed by atoms with van der Waals surface area (Å²) in [7, 11) is 0. The van der Waals surface area contributed by atoms with Crippen LogP contribution < -0.4 is 5.32 Å². The molecule has 0 bridgehead atoms. The van der Waals surface area contributed by atoms with Gasteiger partial charge in [-0.15, -0.1) is 0 Å². The molecular formula is C16H18BrN3O. The summed E-state index contributed by atoms with van der Waals surface area (Å²) in [4.78, 5) is 14.5. The summed E-state index contributed by atoms with van der Waals surface area (Å²) in [5, 5.41) is 2.96. The Balaban J connectivity index is 1.65. The van der Waals surface area contributed by atoms with Crippen molar-refractivity contribution in [3.05, 3.63) is 52.8 Å². The lowest BCUT2D eigenvalue weighted by Crippen LogP contribution is -2.41. The van der Waals surface area contributed by atoms with Crippen molar-refractivity contribution in [3.8, 4) is 0 Å². The van der Waals surface area contributed by atoms with E-state index in [-0.39, 0.29) is 11.9 Å². The first kappa shape index (κ1) is 14.4. The number of anilines is 1. The molecule has 1 amide bonds. The molecule has 1 aliphatic rings. The molecule has 1 aromatic heterocycles. The van der Waals surface area contributed by atoms with Crippen LogP contribution in [0.5, 0.6) is 0 Å². The fraction of sp³-hybridized carbons (Fsp3) is 0.312. The zero-order valence-corrected chi connectivity index (χ0v) is 13.5. The van der Waals surface area contributed by atoms with Gasteiger partial charge in [0.1, 0.15) is 0 Å². The van der Waals surface area contributed by atoms with Crippen LogP contribution in [0.4, 0.5) is 5.69 Å². The number of hydrogen-bond donors (Lipinski definition) is 1. The van der Waals surface area contributed by atoms with Crippen molar-refractivity contribution in [2.45, 2.75) is 19.5 Å². The Kier molecular flexibility index (Phi) is 4.12. The average molecular weight is 348 g/mol. The van der Waals surface area contributed by atoms with Crippen molar-refractivity contribution in [1.29, 1.82) is 0 Å². The van der Waals surface area contributed by atoms with Gasteiger partial charge < -0.3 is 9.88 Å². The van der Waals surface area contributed by atoms with E-state index in [2.05, 4.69) is 56.0 Å². The van der Waals surface area contributed by atoms with Gasteiger partial charge in [-0.05, 0) is 47.1 Å². The normalized spacial score (nSPS) is 18.3. The number of hydrogen-bond acceptors (Lipinski definition) is 2. The third-order valence-corrected chi connectivity index (χ3v) is 4.65. The summed E-state index contributed by atoms with van der Waals surface area (Å²) in [5.74, 6) is 0.0220. The van der Waals surface area contributed by atoms with Crippen molar-refractivity contribution in [2.75, 3.05) is 18.4 Å².